The van der Waals surface area contributed by atoms with Gasteiger partial charge in [-0.25, -0.2) is 5.43 Å². The molecule has 0 atom stereocenters. The molecule has 0 aliphatic rings. The standard InChI is InChI=1S/C23H19Cl3N2O4/c1-30-18-7-4-15(5-8-18)23(29)28-27-12-14-9-20(26)22(21(10-14)31-2)32-13-16-3-6-17(24)11-19(16)25/h3-12H,13H2,1-2H3,(H,28,29)/b27-12-. The van der Waals surface area contributed by atoms with Gasteiger partial charge < -0.3 is 14.2 Å². The molecule has 1 N–H and O–H groups in total. The van der Waals surface area contributed by atoms with Crippen LogP contribution in [-0.4, -0.2) is 26.3 Å². The van der Waals surface area contributed by atoms with Crippen LogP contribution < -0.4 is 19.6 Å². The van der Waals surface area contributed by atoms with Gasteiger partial charge in [-0.15, -0.1) is 0 Å². The summed E-state index contributed by atoms with van der Waals surface area (Å²) in [5.74, 6) is 1.07. The number of rotatable bonds is 8. The highest BCUT2D eigenvalue weighted by Crippen LogP contribution is 2.37. The number of ether oxygens (including phenoxy) is 3. The highest BCUT2D eigenvalue weighted by molar-refractivity contribution is 6.35. The molecule has 3 rings (SSSR count). The van der Waals surface area contributed by atoms with Gasteiger partial charge in [0.2, 0.25) is 0 Å². The van der Waals surface area contributed by atoms with Crippen LogP contribution in [-0.2, 0) is 6.61 Å². The highest BCUT2D eigenvalue weighted by Gasteiger charge is 2.13. The second kappa shape index (κ2) is 11.1. The van der Waals surface area contributed by atoms with E-state index in [1.165, 1.54) is 13.3 Å². The first-order valence-corrected chi connectivity index (χ1v) is 10.5. The Balaban J connectivity index is 1.68. The Morgan fingerprint density at radius 2 is 1.72 bits per heavy atom. The fourth-order valence-electron chi connectivity index (χ4n) is 2.72. The number of hydrogen-bond donors (Lipinski definition) is 1. The summed E-state index contributed by atoms with van der Waals surface area (Å²) < 4.78 is 16.3. The van der Waals surface area contributed by atoms with Gasteiger partial charge in [-0.05, 0) is 54.1 Å². The van der Waals surface area contributed by atoms with Crippen LogP contribution in [0.15, 0.2) is 59.7 Å². The lowest BCUT2D eigenvalue weighted by atomic mass is 10.2. The third kappa shape index (κ3) is 6.07. The Labute approximate surface area is 200 Å². The molecule has 0 saturated heterocycles. The quantitative estimate of drug-likeness (QED) is 0.308. The molecule has 32 heavy (non-hydrogen) atoms. The fraction of sp³-hybridized carbons (Fsp3) is 0.130. The molecule has 166 valence electrons. The summed E-state index contributed by atoms with van der Waals surface area (Å²) in [6, 6.07) is 15.1. The highest BCUT2D eigenvalue weighted by atomic mass is 35.5. The zero-order chi connectivity index (χ0) is 23.1. The molecule has 6 nitrogen and oxygen atoms in total. The summed E-state index contributed by atoms with van der Waals surface area (Å²) in [7, 11) is 3.06. The van der Waals surface area contributed by atoms with Gasteiger partial charge in [0.1, 0.15) is 12.4 Å². The zero-order valence-electron chi connectivity index (χ0n) is 17.2. The van der Waals surface area contributed by atoms with Crippen molar-refractivity contribution in [3.05, 3.63) is 86.4 Å². The number of benzene rings is 3. The van der Waals surface area contributed by atoms with E-state index in [0.717, 1.165) is 5.56 Å². The number of hydrogen-bond acceptors (Lipinski definition) is 5. The van der Waals surface area contributed by atoms with Gasteiger partial charge in [-0.3, -0.25) is 4.79 Å². The van der Waals surface area contributed by atoms with Crippen molar-refractivity contribution in [1.82, 2.24) is 5.43 Å². The maximum atomic E-state index is 12.2. The van der Waals surface area contributed by atoms with E-state index >= 15 is 0 Å². The minimum Gasteiger partial charge on any atom is -0.497 e. The van der Waals surface area contributed by atoms with E-state index in [1.54, 1.807) is 61.7 Å². The Hall–Kier alpha value is -2.93. The molecule has 0 aliphatic heterocycles. The smallest absolute Gasteiger partial charge is 0.271 e. The van der Waals surface area contributed by atoms with Gasteiger partial charge in [0, 0.05) is 21.2 Å². The van der Waals surface area contributed by atoms with Gasteiger partial charge in [-0.2, -0.15) is 5.10 Å². The summed E-state index contributed by atoms with van der Waals surface area (Å²) in [5, 5.41) is 5.33. The van der Waals surface area contributed by atoms with Gasteiger partial charge >= 0.3 is 0 Å². The maximum Gasteiger partial charge on any atom is 0.271 e. The summed E-state index contributed by atoms with van der Waals surface area (Å²) >= 11 is 18.5. The van der Waals surface area contributed by atoms with E-state index in [0.29, 0.717) is 43.4 Å². The molecule has 1 amide bonds. The predicted molar refractivity (Wildman–Crippen MR) is 127 cm³/mol. The van der Waals surface area contributed by atoms with Gasteiger partial charge in [-0.1, -0.05) is 40.9 Å². The third-order valence-electron chi connectivity index (χ3n) is 4.37. The van der Waals surface area contributed by atoms with Crippen LogP contribution in [0.5, 0.6) is 17.2 Å². The van der Waals surface area contributed by atoms with Crippen LogP contribution in [0, 0.1) is 0 Å². The van der Waals surface area contributed by atoms with E-state index in [9.17, 15) is 4.79 Å². The lowest BCUT2D eigenvalue weighted by Gasteiger charge is -2.14. The molecule has 0 aliphatic carbocycles. The normalized spacial score (nSPS) is 10.8. The molecule has 0 bridgehead atoms. The van der Waals surface area contributed by atoms with E-state index in [1.807, 2.05) is 0 Å². The van der Waals surface area contributed by atoms with Crippen LogP contribution in [0.4, 0.5) is 0 Å². The first kappa shape index (κ1) is 23.7. The van der Waals surface area contributed by atoms with Crippen LogP contribution in [0.2, 0.25) is 15.1 Å². The molecule has 0 aromatic heterocycles. The molecule has 3 aromatic rings. The zero-order valence-corrected chi connectivity index (χ0v) is 19.5. The molecule has 0 heterocycles. The summed E-state index contributed by atoms with van der Waals surface area (Å²) in [6.45, 7) is 0.178. The van der Waals surface area contributed by atoms with Crippen LogP contribution in [0.1, 0.15) is 21.5 Å². The number of halogens is 3. The molecule has 0 radical (unpaired) electrons. The van der Waals surface area contributed by atoms with Crippen molar-refractivity contribution in [3.8, 4) is 17.2 Å². The Morgan fingerprint density at radius 1 is 0.969 bits per heavy atom. The molecular formula is C23H19Cl3N2O4. The number of hydrazone groups is 1. The SMILES string of the molecule is COc1ccc(C(=O)N/N=C\c2cc(Cl)c(OCc3ccc(Cl)cc3Cl)c(OC)c2)cc1. The summed E-state index contributed by atoms with van der Waals surface area (Å²) in [5.41, 5.74) is 4.27. The van der Waals surface area contributed by atoms with Crippen molar-refractivity contribution in [1.29, 1.82) is 0 Å². The number of amides is 1. The van der Waals surface area contributed by atoms with Crippen molar-refractivity contribution in [2.24, 2.45) is 5.10 Å². The predicted octanol–water partition coefficient (Wildman–Crippen LogP) is 6.01. The van der Waals surface area contributed by atoms with Crippen LogP contribution in [0.25, 0.3) is 0 Å². The first-order chi connectivity index (χ1) is 15.4. The summed E-state index contributed by atoms with van der Waals surface area (Å²) in [4.78, 5) is 12.2. The first-order valence-electron chi connectivity index (χ1n) is 9.33. The minimum absolute atomic E-state index is 0.178. The molecule has 0 fully saturated rings. The van der Waals surface area contributed by atoms with Crippen LogP contribution in [0.3, 0.4) is 0 Å². The lowest BCUT2D eigenvalue weighted by Crippen LogP contribution is -2.17. The van der Waals surface area contributed by atoms with Crippen molar-refractivity contribution in [2.45, 2.75) is 6.61 Å². The average Bonchev–Trinajstić information content (AvgIpc) is 2.79. The number of nitrogens with zero attached hydrogens (tertiary/aromatic N) is 1. The summed E-state index contributed by atoms with van der Waals surface area (Å²) in [6.07, 6.45) is 1.45. The molecule has 0 unspecified atom stereocenters. The second-order valence-corrected chi connectivity index (χ2v) is 7.74. The minimum atomic E-state index is -0.359. The topological polar surface area (TPSA) is 69.2 Å². The van der Waals surface area contributed by atoms with Crippen LogP contribution >= 0.6 is 34.8 Å². The third-order valence-corrected chi connectivity index (χ3v) is 5.24. The fourth-order valence-corrected chi connectivity index (χ4v) is 3.45. The number of methoxy groups -OCH3 is 2. The number of nitrogens with one attached hydrogen (secondary N) is 1. The molecule has 3 aromatic carbocycles. The van der Waals surface area contributed by atoms with Crippen molar-refractivity contribution >= 4 is 46.9 Å². The second-order valence-electron chi connectivity index (χ2n) is 6.49. The monoisotopic (exact) mass is 492 g/mol. The Kier molecular flexibility index (Phi) is 8.22. The largest absolute Gasteiger partial charge is 0.497 e. The van der Waals surface area contributed by atoms with E-state index < -0.39 is 0 Å². The molecular weight excluding hydrogens is 475 g/mol. The number of carbonyl (C=O) groups excluding carboxylic acids is 1. The van der Waals surface area contributed by atoms with Gasteiger partial charge in [0.15, 0.2) is 11.5 Å². The van der Waals surface area contributed by atoms with Crippen molar-refractivity contribution < 1.29 is 19.0 Å². The Morgan fingerprint density at radius 3 is 2.38 bits per heavy atom. The van der Waals surface area contributed by atoms with Gasteiger partial charge in [0.05, 0.1) is 25.5 Å². The molecule has 9 heteroatoms. The molecule has 0 spiro atoms. The van der Waals surface area contributed by atoms with Crippen molar-refractivity contribution in [2.75, 3.05) is 14.2 Å². The lowest BCUT2D eigenvalue weighted by molar-refractivity contribution is 0.0955. The maximum absolute atomic E-state index is 12.2. The van der Waals surface area contributed by atoms with Gasteiger partial charge in [0.25, 0.3) is 5.91 Å². The van der Waals surface area contributed by atoms with Crippen molar-refractivity contribution in [3.63, 3.8) is 0 Å². The van der Waals surface area contributed by atoms with E-state index in [-0.39, 0.29) is 12.5 Å². The average molecular weight is 494 g/mol. The van der Waals surface area contributed by atoms with E-state index in [4.69, 9.17) is 49.0 Å². The Bertz CT molecular complexity index is 1130. The van der Waals surface area contributed by atoms with E-state index in [2.05, 4.69) is 10.5 Å². The number of carbonyl (C=O) groups is 1. The molecule has 0 saturated carbocycles.